The number of fused-ring (bicyclic) bond motifs is 1. The molecule has 0 unspecified atom stereocenters. The van der Waals surface area contributed by atoms with Crippen LogP contribution >= 0.6 is 0 Å². The highest BCUT2D eigenvalue weighted by Gasteiger charge is 2.16. The number of anilines is 1. The van der Waals surface area contributed by atoms with Gasteiger partial charge in [0.25, 0.3) is 5.91 Å². The molecule has 0 saturated carbocycles. The smallest absolute Gasteiger partial charge is 0.326 e. The average Bonchev–Trinajstić information content (AvgIpc) is 3.19. The molecule has 6 nitrogen and oxygen atoms in total. The third kappa shape index (κ3) is 2.93. The van der Waals surface area contributed by atoms with E-state index in [1.807, 2.05) is 61.5 Å². The van der Waals surface area contributed by atoms with Crippen LogP contribution in [0.4, 0.5) is 5.69 Å². The first-order valence-corrected chi connectivity index (χ1v) is 8.33. The molecule has 3 N–H and O–H groups in total. The summed E-state index contributed by atoms with van der Waals surface area (Å²) in [5.41, 5.74) is 3.61. The van der Waals surface area contributed by atoms with E-state index in [4.69, 9.17) is 0 Å². The van der Waals surface area contributed by atoms with Gasteiger partial charge >= 0.3 is 5.69 Å². The van der Waals surface area contributed by atoms with Crippen molar-refractivity contribution >= 4 is 22.5 Å². The molecule has 0 bridgehead atoms. The van der Waals surface area contributed by atoms with Crippen LogP contribution in [0, 0.1) is 6.92 Å². The Morgan fingerprint density at radius 2 is 1.92 bits per heavy atom. The second kappa shape index (κ2) is 6.40. The molecule has 2 aromatic carbocycles. The van der Waals surface area contributed by atoms with Gasteiger partial charge in [-0.25, -0.2) is 4.79 Å². The summed E-state index contributed by atoms with van der Waals surface area (Å²) in [5, 5.41) is 3.85. The van der Waals surface area contributed by atoms with Crippen LogP contribution in [-0.4, -0.2) is 20.4 Å². The van der Waals surface area contributed by atoms with E-state index in [0.717, 1.165) is 22.2 Å². The van der Waals surface area contributed by atoms with Crippen LogP contribution in [0.15, 0.2) is 65.6 Å². The zero-order valence-corrected chi connectivity index (χ0v) is 14.2. The Labute approximate surface area is 149 Å². The minimum Gasteiger partial charge on any atom is -0.359 e. The number of H-pyrrole nitrogens is 2. The molecule has 0 aliphatic heterocycles. The number of benzene rings is 2. The minimum absolute atomic E-state index is 0.295. The molecule has 0 saturated heterocycles. The van der Waals surface area contributed by atoms with E-state index in [9.17, 15) is 9.59 Å². The predicted molar refractivity (Wildman–Crippen MR) is 102 cm³/mol. The molecule has 26 heavy (non-hydrogen) atoms. The Kier molecular flexibility index (Phi) is 3.93. The van der Waals surface area contributed by atoms with Gasteiger partial charge in [0.05, 0.1) is 12.2 Å². The molecular weight excluding hydrogens is 328 g/mol. The maximum Gasteiger partial charge on any atom is 0.326 e. The Balaban J connectivity index is 1.66. The molecule has 1 amide bonds. The van der Waals surface area contributed by atoms with E-state index in [2.05, 4.69) is 15.3 Å². The van der Waals surface area contributed by atoms with Crippen molar-refractivity contribution in [3.63, 3.8) is 0 Å². The summed E-state index contributed by atoms with van der Waals surface area (Å²) in [6, 6.07) is 17.2. The summed E-state index contributed by atoms with van der Waals surface area (Å²) < 4.78 is 1.44. The number of carbonyl (C=O) groups is 1. The van der Waals surface area contributed by atoms with Crippen molar-refractivity contribution in [1.82, 2.24) is 14.5 Å². The Morgan fingerprint density at radius 3 is 2.73 bits per heavy atom. The maximum atomic E-state index is 12.8. The van der Waals surface area contributed by atoms with Crippen molar-refractivity contribution in [1.29, 1.82) is 0 Å². The van der Waals surface area contributed by atoms with E-state index in [0.29, 0.717) is 17.9 Å². The number of aromatic nitrogens is 3. The van der Waals surface area contributed by atoms with Crippen molar-refractivity contribution in [2.24, 2.45) is 0 Å². The molecule has 130 valence electrons. The molecule has 0 aliphatic rings. The normalized spacial score (nSPS) is 11.0. The van der Waals surface area contributed by atoms with E-state index < -0.39 is 0 Å². The summed E-state index contributed by atoms with van der Waals surface area (Å²) in [4.78, 5) is 30.8. The fourth-order valence-corrected chi connectivity index (χ4v) is 3.10. The van der Waals surface area contributed by atoms with Crippen molar-refractivity contribution in [3.8, 4) is 0 Å². The molecule has 2 aromatic heterocycles. The number of imidazole rings is 1. The van der Waals surface area contributed by atoms with Crippen LogP contribution < -0.4 is 11.0 Å². The molecule has 0 aliphatic carbocycles. The number of nitrogens with zero attached hydrogens (tertiary/aromatic N) is 1. The lowest BCUT2D eigenvalue weighted by atomic mass is 10.2. The van der Waals surface area contributed by atoms with Crippen LogP contribution in [-0.2, 0) is 6.54 Å². The summed E-state index contributed by atoms with van der Waals surface area (Å²) in [7, 11) is 0. The zero-order valence-electron chi connectivity index (χ0n) is 14.2. The molecule has 0 radical (unpaired) electrons. The van der Waals surface area contributed by atoms with Crippen molar-refractivity contribution in [2.75, 3.05) is 5.32 Å². The number of nitrogens with one attached hydrogen (secondary N) is 3. The minimum atomic E-state index is -0.328. The first-order valence-electron chi connectivity index (χ1n) is 8.33. The van der Waals surface area contributed by atoms with E-state index in [-0.39, 0.29) is 11.6 Å². The number of aryl methyl sites for hydroxylation is 1. The summed E-state index contributed by atoms with van der Waals surface area (Å²) >= 11 is 0. The lowest BCUT2D eigenvalue weighted by Gasteiger charge is -2.09. The topological polar surface area (TPSA) is 82.7 Å². The van der Waals surface area contributed by atoms with Crippen LogP contribution in [0.3, 0.4) is 0 Å². The monoisotopic (exact) mass is 346 g/mol. The summed E-state index contributed by atoms with van der Waals surface area (Å²) in [5.74, 6) is -0.328. The average molecular weight is 346 g/mol. The number of rotatable bonds is 4. The van der Waals surface area contributed by atoms with Gasteiger partial charge in [0, 0.05) is 22.8 Å². The highest BCUT2D eigenvalue weighted by Crippen LogP contribution is 2.24. The van der Waals surface area contributed by atoms with Crippen LogP contribution in [0.2, 0.25) is 0 Å². The molecular formula is C20H18N4O2. The first-order chi connectivity index (χ1) is 12.6. The number of amides is 1. The maximum absolute atomic E-state index is 12.8. The number of hydrogen-bond donors (Lipinski definition) is 3. The SMILES string of the molecule is Cc1cc2c(NC(=O)c3c[nH]c(=O)n3Cc3ccccc3)cccc2[nH]1. The van der Waals surface area contributed by atoms with Crippen LogP contribution in [0.1, 0.15) is 21.7 Å². The van der Waals surface area contributed by atoms with E-state index in [1.165, 1.54) is 10.8 Å². The van der Waals surface area contributed by atoms with Crippen molar-refractivity contribution in [3.05, 3.63) is 88.2 Å². The molecule has 0 atom stereocenters. The number of hydrogen-bond acceptors (Lipinski definition) is 2. The van der Waals surface area contributed by atoms with Gasteiger partial charge in [-0.05, 0) is 30.7 Å². The van der Waals surface area contributed by atoms with E-state index in [1.54, 1.807) is 0 Å². The van der Waals surface area contributed by atoms with Crippen molar-refractivity contribution in [2.45, 2.75) is 13.5 Å². The third-order valence-electron chi connectivity index (χ3n) is 4.33. The van der Waals surface area contributed by atoms with Gasteiger partial charge in [-0.1, -0.05) is 36.4 Å². The number of carbonyl (C=O) groups excluding carboxylic acids is 1. The quantitative estimate of drug-likeness (QED) is 0.530. The first kappa shape index (κ1) is 16.0. The Hall–Kier alpha value is -3.54. The highest BCUT2D eigenvalue weighted by atomic mass is 16.2. The van der Waals surface area contributed by atoms with Gasteiger partial charge in [-0.15, -0.1) is 0 Å². The van der Waals surface area contributed by atoms with Gasteiger partial charge < -0.3 is 15.3 Å². The van der Waals surface area contributed by atoms with Gasteiger partial charge in [-0.3, -0.25) is 9.36 Å². The Morgan fingerprint density at radius 1 is 1.12 bits per heavy atom. The molecule has 0 spiro atoms. The molecule has 4 rings (SSSR count). The van der Waals surface area contributed by atoms with Crippen LogP contribution in [0.5, 0.6) is 0 Å². The molecule has 0 fully saturated rings. The van der Waals surface area contributed by atoms with Gasteiger partial charge in [0.1, 0.15) is 5.69 Å². The largest absolute Gasteiger partial charge is 0.359 e. The molecule has 2 heterocycles. The fraction of sp³-hybridized carbons (Fsp3) is 0.100. The number of aromatic amines is 2. The second-order valence-corrected chi connectivity index (χ2v) is 6.22. The zero-order chi connectivity index (χ0) is 18.1. The fourth-order valence-electron chi connectivity index (χ4n) is 3.10. The standard InChI is InChI=1S/C20H18N4O2/c1-13-10-15-16(22-13)8-5-9-17(15)23-19(25)18-11-21-20(26)24(18)12-14-6-3-2-4-7-14/h2-11,22H,12H2,1H3,(H,21,26)(H,23,25). The highest BCUT2D eigenvalue weighted by molar-refractivity contribution is 6.08. The summed E-state index contributed by atoms with van der Waals surface area (Å²) in [6.45, 7) is 2.30. The summed E-state index contributed by atoms with van der Waals surface area (Å²) in [6.07, 6.45) is 1.45. The van der Waals surface area contributed by atoms with Gasteiger partial charge in [0.15, 0.2) is 0 Å². The Bertz CT molecular complexity index is 1140. The lowest BCUT2D eigenvalue weighted by molar-refractivity contribution is 0.101. The second-order valence-electron chi connectivity index (χ2n) is 6.22. The lowest BCUT2D eigenvalue weighted by Crippen LogP contribution is -2.24. The molecule has 6 heteroatoms. The third-order valence-corrected chi connectivity index (χ3v) is 4.33. The van der Waals surface area contributed by atoms with Gasteiger partial charge in [0.2, 0.25) is 0 Å². The van der Waals surface area contributed by atoms with Crippen LogP contribution in [0.25, 0.3) is 10.9 Å². The van der Waals surface area contributed by atoms with Crippen molar-refractivity contribution < 1.29 is 4.79 Å². The van der Waals surface area contributed by atoms with E-state index >= 15 is 0 Å². The van der Waals surface area contributed by atoms with Gasteiger partial charge in [-0.2, -0.15) is 0 Å². The predicted octanol–water partition coefficient (Wildman–Crippen LogP) is 3.27. The molecule has 4 aromatic rings.